The van der Waals surface area contributed by atoms with Crippen LogP contribution in [0.15, 0.2) is 4.99 Å². The van der Waals surface area contributed by atoms with Crippen LogP contribution >= 0.6 is 11.8 Å². The number of nitrogens with one attached hydrogen (secondary N) is 1. The second-order valence-electron chi connectivity index (χ2n) is 3.74. The van der Waals surface area contributed by atoms with Crippen LogP contribution in [0.25, 0.3) is 0 Å². The Morgan fingerprint density at radius 2 is 2.47 bits per heavy atom. The molecule has 2 unspecified atom stereocenters. The molecule has 2 atom stereocenters. The molecule has 0 aliphatic carbocycles. The first-order chi connectivity index (χ1) is 7.38. The summed E-state index contributed by atoms with van der Waals surface area (Å²) in [5.41, 5.74) is 0. The van der Waals surface area contributed by atoms with Crippen LogP contribution in [0, 0.1) is 0 Å². The van der Waals surface area contributed by atoms with Crippen LogP contribution in [0.3, 0.4) is 0 Å². The monoisotopic (exact) mass is 230 g/mol. The molecule has 1 saturated heterocycles. The third-order valence-corrected chi connectivity index (χ3v) is 3.85. The minimum atomic E-state index is 0.183. The number of ether oxygens (including phenoxy) is 2. The molecule has 1 fully saturated rings. The Morgan fingerprint density at radius 3 is 3.13 bits per heavy atom. The molecule has 4 nitrogen and oxygen atoms in total. The maximum Gasteiger partial charge on any atom is 0.157 e. The molecule has 0 spiro atoms. The Balaban J connectivity index is 1.65. The fourth-order valence-corrected chi connectivity index (χ4v) is 2.53. The molecular formula is C10H18N2O2S. The van der Waals surface area contributed by atoms with E-state index >= 15 is 0 Å². The van der Waals surface area contributed by atoms with Gasteiger partial charge in [-0.05, 0) is 6.42 Å². The van der Waals surface area contributed by atoms with Crippen molar-refractivity contribution in [1.29, 1.82) is 0 Å². The Hall–Kier alpha value is -0.260. The topological polar surface area (TPSA) is 42.9 Å². The van der Waals surface area contributed by atoms with Gasteiger partial charge in [0.25, 0.3) is 0 Å². The van der Waals surface area contributed by atoms with Gasteiger partial charge in [0.05, 0.1) is 32.5 Å². The summed E-state index contributed by atoms with van der Waals surface area (Å²) in [5.74, 6) is 0. The number of amidine groups is 1. The molecule has 0 saturated carbocycles. The number of thioether (sulfide) groups is 1. The Morgan fingerprint density at radius 1 is 1.53 bits per heavy atom. The van der Waals surface area contributed by atoms with Gasteiger partial charge in [-0.15, -0.1) is 0 Å². The van der Waals surface area contributed by atoms with E-state index in [0.717, 1.165) is 24.9 Å². The molecule has 2 rings (SSSR count). The molecule has 2 aliphatic heterocycles. The van der Waals surface area contributed by atoms with Crippen LogP contribution in [0.5, 0.6) is 0 Å². The molecule has 0 aromatic carbocycles. The number of hydrogen-bond donors (Lipinski definition) is 1. The summed E-state index contributed by atoms with van der Waals surface area (Å²) < 4.78 is 10.9. The highest BCUT2D eigenvalue weighted by molar-refractivity contribution is 8.14. The zero-order valence-electron chi connectivity index (χ0n) is 9.07. The van der Waals surface area contributed by atoms with Crippen molar-refractivity contribution in [2.75, 3.05) is 32.9 Å². The Bertz CT molecular complexity index is 229. The Labute approximate surface area is 94.8 Å². The maximum absolute atomic E-state index is 5.54. The van der Waals surface area contributed by atoms with Gasteiger partial charge in [-0.25, -0.2) is 0 Å². The van der Waals surface area contributed by atoms with E-state index in [0.29, 0.717) is 18.5 Å². The van der Waals surface area contributed by atoms with Crippen molar-refractivity contribution in [1.82, 2.24) is 5.32 Å². The van der Waals surface area contributed by atoms with Crippen molar-refractivity contribution >= 4 is 16.9 Å². The minimum absolute atomic E-state index is 0.183. The molecule has 0 aromatic rings. The van der Waals surface area contributed by atoms with Gasteiger partial charge < -0.3 is 14.8 Å². The second-order valence-corrected chi connectivity index (χ2v) is 5.03. The van der Waals surface area contributed by atoms with Crippen LogP contribution in [0.4, 0.5) is 0 Å². The number of rotatable bonds is 3. The lowest BCUT2D eigenvalue weighted by molar-refractivity contribution is -0.0849. The third-order valence-electron chi connectivity index (χ3n) is 2.54. The second kappa shape index (κ2) is 5.72. The summed E-state index contributed by atoms with van der Waals surface area (Å²) >= 11 is 1.84. The molecule has 2 heterocycles. The third kappa shape index (κ3) is 3.36. The fourth-order valence-electron chi connectivity index (χ4n) is 1.58. The molecule has 1 N–H and O–H groups in total. The summed E-state index contributed by atoms with van der Waals surface area (Å²) in [6.45, 7) is 6.10. The highest BCUT2D eigenvalue weighted by Gasteiger charge is 2.19. The van der Waals surface area contributed by atoms with Crippen molar-refractivity contribution < 1.29 is 9.47 Å². The highest BCUT2D eigenvalue weighted by atomic mass is 32.2. The normalized spacial score (nSPS) is 31.4. The predicted octanol–water partition coefficient (Wildman–Crippen LogP) is 0.873. The largest absolute Gasteiger partial charge is 0.376 e. The quantitative estimate of drug-likeness (QED) is 0.781. The molecule has 0 aromatic heterocycles. The van der Waals surface area contributed by atoms with Crippen molar-refractivity contribution in [2.24, 2.45) is 4.99 Å². The van der Waals surface area contributed by atoms with E-state index in [1.54, 1.807) is 0 Å². The summed E-state index contributed by atoms with van der Waals surface area (Å²) in [6.07, 6.45) is 1.37. The van der Waals surface area contributed by atoms with E-state index in [4.69, 9.17) is 9.47 Å². The first-order valence-corrected chi connectivity index (χ1v) is 6.40. The van der Waals surface area contributed by atoms with E-state index in [1.807, 2.05) is 11.8 Å². The van der Waals surface area contributed by atoms with Gasteiger partial charge in [0.15, 0.2) is 5.17 Å². The molecular weight excluding hydrogens is 212 g/mol. The van der Waals surface area contributed by atoms with Gasteiger partial charge >= 0.3 is 0 Å². The summed E-state index contributed by atoms with van der Waals surface area (Å²) in [5, 5.41) is 5.05. The van der Waals surface area contributed by atoms with Crippen LogP contribution in [-0.4, -0.2) is 49.4 Å². The lowest BCUT2D eigenvalue weighted by atomic mass is 10.3. The molecule has 2 aliphatic rings. The van der Waals surface area contributed by atoms with Crippen molar-refractivity contribution in [2.45, 2.75) is 24.7 Å². The Kier molecular flexibility index (Phi) is 4.29. The molecule has 0 bridgehead atoms. The molecule has 0 amide bonds. The average Bonchev–Trinajstić information content (AvgIpc) is 2.76. The van der Waals surface area contributed by atoms with Gasteiger partial charge in [0.1, 0.15) is 0 Å². The fraction of sp³-hybridized carbons (Fsp3) is 0.900. The summed E-state index contributed by atoms with van der Waals surface area (Å²) in [7, 11) is 0. The smallest absolute Gasteiger partial charge is 0.157 e. The van der Waals surface area contributed by atoms with Crippen LogP contribution < -0.4 is 5.32 Å². The predicted molar refractivity (Wildman–Crippen MR) is 62.5 cm³/mol. The van der Waals surface area contributed by atoms with Gasteiger partial charge in [0, 0.05) is 11.8 Å². The zero-order chi connectivity index (χ0) is 10.5. The first kappa shape index (κ1) is 11.2. The van der Waals surface area contributed by atoms with Crippen molar-refractivity contribution in [3.05, 3.63) is 0 Å². The summed E-state index contributed by atoms with van der Waals surface area (Å²) in [4.78, 5) is 4.44. The molecule has 15 heavy (non-hydrogen) atoms. The van der Waals surface area contributed by atoms with Gasteiger partial charge in [-0.1, -0.05) is 18.7 Å². The lowest BCUT2D eigenvalue weighted by Crippen LogP contribution is -2.38. The van der Waals surface area contributed by atoms with Crippen molar-refractivity contribution in [3.8, 4) is 0 Å². The minimum Gasteiger partial charge on any atom is -0.376 e. The highest BCUT2D eigenvalue weighted by Crippen LogP contribution is 2.21. The first-order valence-electron chi connectivity index (χ1n) is 5.53. The van der Waals surface area contributed by atoms with E-state index in [-0.39, 0.29) is 6.10 Å². The number of aliphatic imine (C=N–C) groups is 1. The standard InChI is InChI=1S/C10H18N2O2S/c1-2-9-6-12-10(15-9)11-5-8-7-13-3-4-14-8/h8-9H,2-7H2,1H3,(H,11,12). The van der Waals surface area contributed by atoms with Crippen LogP contribution in [0.2, 0.25) is 0 Å². The molecule has 86 valence electrons. The zero-order valence-corrected chi connectivity index (χ0v) is 9.89. The maximum atomic E-state index is 5.54. The number of hydrogen-bond acceptors (Lipinski definition) is 5. The van der Waals surface area contributed by atoms with E-state index in [9.17, 15) is 0 Å². The van der Waals surface area contributed by atoms with E-state index in [1.165, 1.54) is 6.42 Å². The van der Waals surface area contributed by atoms with Crippen LogP contribution in [0.1, 0.15) is 13.3 Å². The molecule has 0 radical (unpaired) electrons. The SMILES string of the molecule is CCC1CN=C(NCC2COCCO2)S1. The van der Waals surface area contributed by atoms with Gasteiger partial charge in [0.2, 0.25) is 0 Å². The van der Waals surface area contributed by atoms with Crippen molar-refractivity contribution in [3.63, 3.8) is 0 Å². The van der Waals surface area contributed by atoms with Crippen LogP contribution in [-0.2, 0) is 9.47 Å². The van der Waals surface area contributed by atoms with E-state index < -0.39 is 0 Å². The van der Waals surface area contributed by atoms with Gasteiger partial charge in [-0.3, -0.25) is 4.99 Å². The van der Waals surface area contributed by atoms with E-state index in [2.05, 4.69) is 17.2 Å². The van der Waals surface area contributed by atoms with Gasteiger partial charge in [-0.2, -0.15) is 0 Å². The average molecular weight is 230 g/mol. The number of nitrogens with zero attached hydrogens (tertiary/aromatic N) is 1. The lowest BCUT2D eigenvalue weighted by Gasteiger charge is -2.23. The molecule has 5 heteroatoms. The summed E-state index contributed by atoms with van der Waals surface area (Å²) in [6, 6.07) is 0.